The van der Waals surface area contributed by atoms with Crippen molar-refractivity contribution in [3.63, 3.8) is 0 Å². The monoisotopic (exact) mass is 296 g/mol. The van der Waals surface area contributed by atoms with Crippen LogP contribution in [-0.4, -0.2) is 25.7 Å². The van der Waals surface area contributed by atoms with E-state index >= 15 is 0 Å². The van der Waals surface area contributed by atoms with Crippen molar-refractivity contribution < 1.29 is 0 Å². The molecule has 2 N–H and O–H groups in total. The Bertz CT molecular complexity index is 202. The van der Waals surface area contributed by atoms with Crippen LogP contribution < -0.4 is 10.6 Å². The Kier molecular flexibility index (Phi) is 13.4. The number of nitrogens with one attached hydrogen (secondary N) is 2. The predicted molar refractivity (Wildman–Crippen MR) is 95.0 cm³/mol. The zero-order chi connectivity index (χ0) is 15.0. The van der Waals surface area contributed by atoms with Crippen LogP contribution in [0.4, 0.5) is 0 Å². The largest absolute Gasteiger partial charge is 0.315 e. The summed E-state index contributed by atoms with van der Waals surface area (Å²) in [6.45, 7) is 5.92. The molecule has 1 aliphatic rings. The highest BCUT2D eigenvalue weighted by molar-refractivity contribution is 4.84. The maximum absolute atomic E-state index is 3.53. The molecule has 1 atom stereocenters. The van der Waals surface area contributed by atoms with Crippen molar-refractivity contribution in [3.05, 3.63) is 0 Å². The van der Waals surface area contributed by atoms with Crippen LogP contribution in [-0.2, 0) is 0 Å². The second kappa shape index (κ2) is 14.8. The van der Waals surface area contributed by atoms with Crippen molar-refractivity contribution in [2.45, 2.75) is 103 Å². The summed E-state index contributed by atoms with van der Waals surface area (Å²) in [7, 11) is 0. The fraction of sp³-hybridized carbons (Fsp3) is 1.00. The van der Waals surface area contributed by atoms with Gasteiger partial charge in [-0.25, -0.2) is 0 Å². The molecular weight excluding hydrogens is 256 g/mol. The van der Waals surface area contributed by atoms with Crippen molar-refractivity contribution in [1.82, 2.24) is 10.6 Å². The Hall–Kier alpha value is -0.0800. The maximum atomic E-state index is 3.53. The summed E-state index contributed by atoms with van der Waals surface area (Å²) in [5.41, 5.74) is 0. The highest BCUT2D eigenvalue weighted by Gasteiger charge is 2.18. The molecule has 0 aromatic carbocycles. The van der Waals surface area contributed by atoms with E-state index in [1.165, 1.54) is 110 Å². The zero-order valence-corrected chi connectivity index (χ0v) is 14.6. The minimum absolute atomic E-state index is 0.789. The third-order valence-electron chi connectivity index (χ3n) is 4.59. The van der Waals surface area contributed by atoms with E-state index in [4.69, 9.17) is 0 Å². The van der Waals surface area contributed by atoms with Gasteiger partial charge >= 0.3 is 0 Å². The van der Waals surface area contributed by atoms with Crippen LogP contribution in [0.5, 0.6) is 0 Å². The third kappa shape index (κ3) is 14.6. The normalized spacial score (nSPS) is 17.3. The number of rotatable bonds is 17. The van der Waals surface area contributed by atoms with E-state index in [0.29, 0.717) is 0 Å². The number of hydrogen-bond acceptors (Lipinski definition) is 2. The molecule has 1 heterocycles. The molecule has 1 saturated heterocycles. The highest BCUT2D eigenvalue weighted by atomic mass is 15.1. The number of hydrogen-bond donors (Lipinski definition) is 2. The summed E-state index contributed by atoms with van der Waals surface area (Å²) < 4.78 is 0. The van der Waals surface area contributed by atoms with Gasteiger partial charge in [0.25, 0.3) is 0 Å². The van der Waals surface area contributed by atoms with Gasteiger partial charge in [0, 0.05) is 19.1 Å². The van der Waals surface area contributed by atoms with E-state index in [9.17, 15) is 0 Å². The van der Waals surface area contributed by atoms with Crippen molar-refractivity contribution in [3.8, 4) is 0 Å². The molecule has 1 unspecified atom stereocenters. The molecule has 0 aliphatic carbocycles. The van der Waals surface area contributed by atoms with E-state index in [1.807, 2.05) is 0 Å². The molecule has 21 heavy (non-hydrogen) atoms. The van der Waals surface area contributed by atoms with Crippen molar-refractivity contribution in [1.29, 1.82) is 0 Å². The Morgan fingerprint density at radius 1 is 0.714 bits per heavy atom. The molecule has 0 saturated carbocycles. The van der Waals surface area contributed by atoms with Crippen LogP contribution in [0.25, 0.3) is 0 Å². The van der Waals surface area contributed by atoms with Crippen LogP contribution in [0.1, 0.15) is 96.8 Å². The molecule has 1 rings (SSSR count). The summed E-state index contributed by atoms with van der Waals surface area (Å²) in [5.74, 6) is 0. The molecular formula is C19H40N2. The van der Waals surface area contributed by atoms with Gasteiger partial charge in [0.15, 0.2) is 0 Å². The van der Waals surface area contributed by atoms with E-state index in [2.05, 4.69) is 17.6 Å². The average Bonchev–Trinajstić information content (AvgIpc) is 3.31. The van der Waals surface area contributed by atoms with Gasteiger partial charge < -0.3 is 10.6 Å². The molecule has 0 bridgehead atoms. The van der Waals surface area contributed by atoms with Crippen LogP contribution in [0.15, 0.2) is 0 Å². The smallest absolute Gasteiger partial charge is 0.0318 e. The molecule has 1 aliphatic heterocycles. The first-order valence-corrected chi connectivity index (χ1v) is 9.87. The molecule has 0 aromatic rings. The second-order valence-corrected chi connectivity index (χ2v) is 6.91. The summed E-state index contributed by atoms with van der Waals surface area (Å²) in [4.78, 5) is 0. The van der Waals surface area contributed by atoms with Gasteiger partial charge in [-0.3, -0.25) is 0 Å². The van der Waals surface area contributed by atoms with Gasteiger partial charge in [-0.2, -0.15) is 0 Å². The molecule has 126 valence electrons. The lowest BCUT2D eigenvalue weighted by molar-refractivity contribution is 0.529. The van der Waals surface area contributed by atoms with Gasteiger partial charge in [-0.05, 0) is 13.0 Å². The SMILES string of the molecule is CCCCCCCCCCCCCCCCNCC1CN1. The summed E-state index contributed by atoms with van der Waals surface area (Å²) >= 11 is 0. The van der Waals surface area contributed by atoms with Gasteiger partial charge in [-0.1, -0.05) is 90.4 Å². The summed E-state index contributed by atoms with van der Waals surface area (Å²) in [6, 6.07) is 0.789. The Morgan fingerprint density at radius 3 is 1.57 bits per heavy atom. The maximum Gasteiger partial charge on any atom is 0.0318 e. The lowest BCUT2D eigenvalue weighted by Gasteiger charge is -2.04. The first kappa shape index (κ1) is 19.0. The molecule has 0 amide bonds. The second-order valence-electron chi connectivity index (χ2n) is 6.91. The van der Waals surface area contributed by atoms with Crippen LogP contribution >= 0.6 is 0 Å². The van der Waals surface area contributed by atoms with Crippen molar-refractivity contribution >= 4 is 0 Å². The Labute approximate surface area is 133 Å². The zero-order valence-electron chi connectivity index (χ0n) is 14.6. The first-order chi connectivity index (χ1) is 10.4. The van der Waals surface area contributed by atoms with E-state index in [1.54, 1.807) is 0 Å². The van der Waals surface area contributed by atoms with Crippen LogP contribution in [0.3, 0.4) is 0 Å². The molecule has 2 nitrogen and oxygen atoms in total. The fourth-order valence-corrected chi connectivity index (χ4v) is 2.95. The summed E-state index contributed by atoms with van der Waals surface area (Å²) in [5, 5.41) is 6.85. The van der Waals surface area contributed by atoms with Crippen LogP contribution in [0.2, 0.25) is 0 Å². The van der Waals surface area contributed by atoms with E-state index in [0.717, 1.165) is 6.04 Å². The average molecular weight is 297 g/mol. The van der Waals surface area contributed by atoms with Gasteiger partial charge in [0.1, 0.15) is 0 Å². The molecule has 0 aromatic heterocycles. The lowest BCUT2D eigenvalue weighted by Crippen LogP contribution is -2.21. The molecule has 0 radical (unpaired) electrons. The van der Waals surface area contributed by atoms with Gasteiger partial charge in [0.05, 0.1) is 0 Å². The fourth-order valence-electron chi connectivity index (χ4n) is 2.95. The quantitative estimate of drug-likeness (QED) is 0.291. The minimum Gasteiger partial charge on any atom is -0.315 e. The highest BCUT2D eigenvalue weighted by Crippen LogP contribution is 2.12. The summed E-state index contributed by atoms with van der Waals surface area (Å²) in [6.07, 6.45) is 20.3. The Morgan fingerprint density at radius 2 is 1.14 bits per heavy atom. The standard InChI is InChI=1S/C19H40N2/c1-2-3-4-5-6-7-8-9-10-11-12-13-14-15-16-20-17-19-18-21-19/h19-21H,2-18H2,1H3. The van der Waals surface area contributed by atoms with Crippen molar-refractivity contribution in [2.24, 2.45) is 0 Å². The molecule has 2 heteroatoms. The van der Waals surface area contributed by atoms with E-state index < -0.39 is 0 Å². The van der Waals surface area contributed by atoms with Gasteiger partial charge in [0.2, 0.25) is 0 Å². The molecule has 1 fully saturated rings. The van der Waals surface area contributed by atoms with Crippen LogP contribution in [0, 0.1) is 0 Å². The minimum atomic E-state index is 0.789. The first-order valence-electron chi connectivity index (χ1n) is 9.87. The number of unbranched alkanes of at least 4 members (excludes halogenated alkanes) is 13. The van der Waals surface area contributed by atoms with Crippen molar-refractivity contribution in [2.75, 3.05) is 19.6 Å². The van der Waals surface area contributed by atoms with E-state index in [-0.39, 0.29) is 0 Å². The third-order valence-corrected chi connectivity index (χ3v) is 4.59. The van der Waals surface area contributed by atoms with Gasteiger partial charge in [-0.15, -0.1) is 0 Å². The molecule has 0 spiro atoms. The Balaban J connectivity index is 1.59. The topological polar surface area (TPSA) is 34.0 Å². The lowest BCUT2D eigenvalue weighted by atomic mass is 10.0. The predicted octanol–water partition coefficient (Wildman–Crippen LogP) is 5.03.